The number of carbonyl (C=O) groups excluding carboxylic acids is 2. The standard InChI is InChI=1S/C26H35NO5S/c1-5-23-27-19(14-33-23)11-16(3)22-10-9-15(2)7-6-8-18-12-20(21(28)13-24(29)32-22)26(31)17(4)25(18)30/h9,11-12,14,17-18,21-22,25,28,30H,5-8,10,13H2,1-4H3/b15-9-,16-11+/t17-,18-,21+,22+,25-/m1/s1. The Balaban J connectivity index is 1.85. The van der Waals surface area contributed by atoms with Crippen LogP contribution in [0.2, 0.25) is 0 Å². The Bertz CT molecular complexity index is 960. The lowest BCUT2D eigenvalue weighted by Crippen LogP contribution is -2.40. The lowest BCUT2D eigenvalue weighted by molar-refractivity contribution is -0.149. The molecule has 3 rings (SSSR count). The fourth-order valence-electron chi connectivity index (χ4n) is 4.44. The predicted octanol–water partition coefficient (Wildman–Crippen LogP) is 4.41. The van der Waals surface area contributed by atoms with E-state index in [4.69, 9.17) is 4.74 Å². The molecule has 2 N–H and O–H groups in total. The van der Waals surface area contributed by atoms with Gasteiger partial charge in [-0.3, -0.25) is 9.59 Å². The van der Waals surface area contributed by atoms with E-state index >= 15 is 0 Å². The third-order valence-electron chi connectivity index (χ3n) is 6.58. The van der Waals surface area contributed by atoms with Gasteiger partial charge in [-0.2, -0.15) is 0 Å². The highest BCUT2D eigenvalue weighted by atomic mass is 32.1. The first-order valence-electron chi connectivity index (χ1n) is 11.8. The summed E-state index contributed by atoms with van der Waals surface area (Å²) >= 11 is 1.61. The molecule has 7 heteroatoms. The molecule has 1 aromatic rings. The molecule has 0 radical (unpaired) electrons. The molecule has 2 aliphatic rings. The van der Waals surface area contributed by atoms with Crippen molar-refractivity contribution in [1.82, 2.24) is 4.98 Å². The minimum Gasteiger partial charge on any atom is -0.457 e. The summed E-state index contributed by atoms with van der Waals surface area (Å²) in [5, 5.41) is 24.3. The van der Waals surface area contributed by atoms with Crippen LogP contribution in [-0.4, -0.2) is 45.3 Å². The normalized spacial score (nSPS) is 31.8. The van der Waals surface area contributed by atoms with Gasteiger partial charge in [0.25, 0.3) is 0 Å². The van der Waals surface area contributed by atoms with Gasteiger partial charge in [0.05, 0.1) is 29.3 Å². The number of aromatic nitrogens is 1. The topological polar surface area (TPSA) is 96.7 Å². The van der Waals surface area contributed by atoms with Crippen molar-refractivity contribution in [3.63, 3.8) is 0 Å². The minimum absolute atomic E-state index is 0.210. The van der Waals surface area contributed by atoms with E-state index in [1.54, 1.807) is 24.3 Å². The SMILES string of the molecule is CCc1nc(/C=C(\C)[C@@H]2C/C=C(/C)CCC[C@@H]3C=C(C(=O)[C@H](C)[C@H]3O)[C@@H](O)CC(=O)O2)cs1. The van der Waals surface area contributed by atoms with Gasteiger partial charge in [0.1, 0.15) is 6.10 Å². The van der Waals surface area contributed by atoms with Gasteiger partial charge in [-0.25, -0.2) is 4.98 Å². The number of ether oxygens (including phenoxy) is 1. The maximum absolute atomic E-state index is 12.7. The van der Waals surface area contributed by atoms with Gasteiger partial charge in [-0.1, -0.05) is 31.6 Å². The zero-order chi connectivity index (χ0) is 24.1. The van der Waals surface area contributed by atoms with E-state index in [1.807, 2.05) is 18.4 Å². The third-order valence-corrected chi connectivity index (χ3v) is 7.59. The fraction of sp³-hybridized carbons (Fsp3) is 0.577. The van der Waals surface area contributed by atoms with E-state index in [1.165, 1.54) is 5.57 Å². The molecule has 2 heterocycles. The van der Waals surface area contributed by atoms with Crippen LogP contribution in [0.25, 0.3) is 6.08 Å². The van der Waals surface area contributed by atoms with Crippen LogP contribution in [-0.2, 0) is 20.7 Å². The molecule has 0 saturated carbocycles. The van der Waals surface area contributed by atoms with E-state index in [-0.39, 0.29) is 23.7 Å². The van der Waals surface area contributed by atoms with E-state index in [9.17, 15) is 19.8 Å². The summed E-state index contributed by atoms with van der Waals surface area (Å²) in [7, 11) is 0. The summed E-state index contributed by atoms with van der Waals surface area (Å²) in [5.74, 6) is -1.67. The molecule has 6 nitrogen and oxygen atoms in total. The van der Waals surface area contributed by atoms with E-state index < -0.39 is 30.2 Å². The first-order valence-corrected chi connectivity index (χ1v) is 12.7. The Kier molecular flexibility index (Phi) is 8.79. The minimum atomic E-state index is -1.24. The molecule has 5 atom stereocenters. The second kappa shape index (κ2) is 11.4. The summed E-state index contributed by atoms with van der Waals surface area (Å²) in [5.41, 5.74) is 3.15. The Hall–Kier alpha value is -2.09. The highest BCUT2D eigenvalue weighted by Crippen LogP contribution is 2.32. The zero-order valence-corrected chi connectivity index (χ0v) is 20.7. The molecular weight excluding hydrogens is 438 g/mol. The van der Waals surface area contributed by atoms with E-state index in [0.717, 1.165) is 42.0 Å². The van der Waals surface area contributed by atoms with Crippen molar-refractivity contribution in [2.45, 2.75) is 84.5 Å². The number of Topliss-reactive ketones (excluding diaryl/α,β-unsaturated/α-hetero) is 1. The molecule has 0 spiro atoms. The van der Waals surface area contributed by atoms with Crippen molar-refractivity contribution in [3.8, 4) is 0 Å². The maximum atomic E-state index is 12.7. The van der Waals surface area contributed by atoms with Gasteiger partial charge in [0.15, 0.2) is 5.78 Å². The Morgan fingerprint density at radius 3 is 2.79 bits per heavy atom. The Morgan fingerprint density at radius 2 is 2.09 bits per heavy atom. The van der Waals surface area contributed by atoms with Gasteiger partial charge in [-0.15, -0.1) is 11.3 Å². The third kappa shape index (κ3) is 6.49. The van der Waals surface area contributed by atoms with E-state index in [0.29, 0.717) is 6.42 Å². The van der Waals surface area contributed by atoms with Gasteiger partial charge in [0.2, 0.25) is 0 Å². The number of carbonyl (C=O) groups is 2. The van der Waals surface area contributed by atoms with E-state index in [2.05, 4.69) is 24.9 Å². The molecule has 0 fully saturated rings. The lowest BCUT2D eigenvalue weighted by atomic mass is 9.76. The van der Waals surface area contributed by atoms with Crippen LogP contribution in [0.15, 0.2) is 34.3 Å². The molecule has 33 heavy (non-hydrogen) atoms. The van der Waals surface area contributed by atoms with Gasteiger partial charge < -0.3 is 14.9 Å². The van der Waals surface area contributed by atoms with Crippen LogP contribution in [0.4, 0.5) is 0 Å². The molecule has 1 aliphatic heterocycles. The monoisotopic (exact) mass is 473 g/mol. The number of allylic oxidation sites excluding steroid dienone is 1. The first-order chi connectivity index (χ1) is 15.7. The molecule has 0 saturated heterocycles. The van der Waals surface area contributed by atoms with Crippen molar-refractivity contribution in [2.75, 3.05) is 0 Å². The number of aryl methyl sites for hydroxylation is 1. The van der Waals surface area contributed by atoms with Crippen LogP contribution in [0.1, 0.15) is 70.5 Å². The smallest absolute Gasteiger partial charge is 0.309 e. The lowest BCUT2D eigenvalue weighted by Gasteiger charge is -2.32. The molecular formula is C26H35NO5S. The number of cyclic esters (lactones) is 1. The van der Waals surface area contributed by atoms with Crippen LogP contribution in [0, 0.1) is 11.8 Å². The number of rotatable bonds is 3. The summed E-state index contributed by atoms with van der Waals surface area (Å²) in [4.78, 5) is 30.0. The average molecular weight is 474 g/mol. The molecule has 0 amide bonds. The largest absolute Gasteiger partial charge is 0.457 e. The second-order valence-corrected chi connectivity index (χ2v) is 10.2. The number of hydrogen-bond donors (Lipinski definition) is 2. The van der Waals surface area contributed by atoms with Crippen LogP contribution < -0.4 is 0 Å². The Labute approximate surface area is 200 Å². The van der Waals surface area contributed by atoms with Crippen LogP contribution in [0.5, 0.6) is 0 Å². The number of aliphatic hydroxyl groups is 2. The van der Waals surface area contributed by atoms with Crippen molar-refractivity contribution in [2.24, 2.45) is 11.8 Å². The Morgan fingerprint density at radius 1 is 1.33 bits per heavy atom. The van der Waals surface area contributed by atoms with Crippen LogP contribution >= 0.6 is 11.3 Å². The fourth-order valence-corrected chi connectivity index (χ4v) is 5.14. The molecule has 2 bridgehead atoms. The quantitative estimate of drug-likeness (QED) is 0.498. The van der Waals surface area contributed by atoms with Gasteiger partial charge >= 0.3 is 5.97 Å². The predicted molar refractivity (Wildman–Crippen MR) is 130 cm³/mol. The molecule has 1 aliphatic carbocycles. The summed E-state index contributed by atoms with van der Waals surface area (Å²) in [6.07, 6.45) is 6.78. The maximum Gasteiger partial charge on any atom is 0.309 e. The molecule has 180 valence electrons. The molecule has 0 unspecified atom stereocenters. The molecule has 1 aromatic heterocycles. The highest BCUT2D eigenvalue weighted by Gasteiger charge is 2.38. The zero-order valence-electron chi connectivity index (χ0n) is 19.9. The number of thiazole rings is 1. The highest BCUT2D eigenvalue weighted by molar-refractivity contribution is 7.09. The number of esters is 1. The van der Waals surface area contributed by atoms with Crippen LogP contribution in [0.3, 0.4) is 0 Å². The summed E-state index contributed by atoms with van der Waals surface area (Å²) in [6, 6.07) is 0. The molecule has 0 aromatic carbocycles. The number of aliphatic hydroxyl groups excluding tert-OH is 2. The number of hydrogen-bond acceptors (Lipinski definition) is 7. The number of ketones is 1. The summed E-state index contributed by atoms with van der Waals surface area (Å²) < 4.78 is 5.78. The average Bonchev–Trinajstić information content (AvgIpc) is 3.23. The van der Waals surface area contributed by atoms with Crippen molar-refractivity contribution >= 4 is 29.2 Å². The van der Waals surface area contributed by atoms with Crippen molar-refractivity contribution in [3.05, 3.63) is 45.0 Å². The van der Waals surface area contributed by atoms with Crippen molar-refractivity contribution in [1.29, 1.82) is 0 Å². The number of nitrogens with zero attached hydrogens (tertiary/aromatic N) is 1. The first kappa shape index (κ1) is 25.5. The van der Waals surface area contributed by atoms with Gasteiger partial charge in [0, 0.05) is 29.2 Å². The van der Waals surface area contributed by atoms with Gasteiger partial charge in [-0.05, 0) is 51.2 Å². The summed E-state index contributed by atoms with van der Waals surface area (Å²) in [6.45, 7) is 7.73. The number of fused-ring (bicyclic) bond motifs is 1. The second-order valence-electron chi connectivity index (χ2n) is 9.21. The van der Waals surface area contributed by atoms with Crippen molar-refractivity contribution < 1.29 is 24.5 Å².